The molecule has 0 aliphatic carbocycles. The number of nitrogens with two attached hydrogens (primary N) is 1. The molecule has 1 aromatic heterocycles. The van der Waals surface area contributed by atoms with Crippen LogP contribution in [0.5, 0.6) is 0 Å². The van der Waals surface area contributed by atoms with E-state index in [1.807, 2.05) is 0 Å². The van der Waals surface area contributed by atoms with Gasteiger partial charge in [-0.3, -0.25) is 9.69 Å². The van der Waals surface area contributed by atoms with Crippen LogP contribution in [0.25, 0.3) is 0 Å². The van der Waals surface area contributed by atoms with Crippen LogP contribution in [0.1, 0.15) is 36.7 Å². The summed E-state index contributed by atoms with van der Waals surface area (Å²) in [6, 6.07) is 3.71. The Morgan fingerprint density at radius 2 is 2.16 bits per heavy atom. The molecule has 0 radical (unpaired) electrons. The van der Waals surface area contributed by atoms with Crippen LogP contribution in [0.15, 0.2) is 18.3 Å². The maximum atomic E-state index is 11.9. The Balaban J connectivity index is 1.81. The molecule has 2 rings (SSSR count). The molecular formula is C14H22N4O. The molecule has 5 heteroatoms. The van der Waals surface area contributed by atoms with Gasteiger partial charge in [-0.1, -0.05) is 6.42 Å². The Morgan fingerprint density at radius 3 is 2.79 bits per heavy atom. The summed E-state index contributed by atoms with van der Waals surface area (Å²) < 4.78 is 0. The molecule has 104 valence electrons. The van der Waals surface area contributed by atoms with Gasteiger partial charge in [-0.05, 0) is 45.0 Å². The van der Waals surface area contributed by atoms with Gasteiger partial charge < -0.3 is 11.1 Å². The predicted octanol–water partition coefficient (Wildman–Crippen LogP) is 1.27. The van der Waals surface area contributed by atoms with Crippen molar-refractivity contribution in [1.29, 1.82) is 0 Å². The van der Waals surface area contributed by atoms with Gasteiger partial charge in [0.05, 0.1) is 11.9 Å². The number of nitrogen functional groups attached to an aromatic ring is 1. The average molecular weight is 262 g/mol. The Bertz CT molecular complexity index is 412. The van der Waals surface area contributed by atoms with E-state index in [1.165, 1.54) is 25.5 Å². The second kappa shape index (κ2) is 6.52. The van der Waals surface area contributed by atoms with E-state index in [2.05, 4.69) is 22.1 Å². The SMILES string of the molecule is CC(CNC(=O)c1ccc(N)cn1)N1CCCCC1. The van der Waals surface area contributed by atoms with Crippen LogP contribution >= 0.6 is 0 Å². The number of carbonyl (C=O) groups excluding carboxylic acids is 1. The van der Waals surface area contributed by atoms with Gasteiger partial charge in [0.2, 0.25) is 0 Å². The third-order valence-electron chi connectivity index (χ3n) is 3.59. The van der Waals surface area contributed by atoms with E-state index < -0.39 is 0 Å². The molecule has 1 aliphatic heterocycles. The number of hydrogen-bond donors (Lipinski definition) is 2. The largest absolute Gasteiger partial charge is 0.397 e. The number of nitrogens with one attached hydrogen (secondary N) is 1. The minimum Gasteiger partial charge on any atom is -0.397 e. The van der Waals surface area contributed by atoms with E-state index in [4.69, 9.17) is 5.73 Å². The molecule has 0 saturated carbocycles. The average Bonchev–Trinajstić information content (AvgIpc) is 2.46. The summed E-state index contributed by atoms with van der Waals surface area (Å²) in [5.41, 5.74) is 6.53. The van der Waals surface area contributed by atoms with Crippen molar-refractivity contribution in [2.24, 2.45) is 0 Å². The maximum Gasteiger partial charge on any atom is 0.269 e. The number of rotatable bonds is 4. The van der Waals surface area contributed by atoms with Crippen molar-refractivity contribution in [3.63, 3.8) is 0 Å². The molecule has 1 saturated heterocycles. The lowest BCUT2D eigenvalue weighted by molar-refractivity contribution is 0.0925. The first-order valence-corrected chi connectivity index (χ1v) is 6.90. The fourth-order valence-electron chi connectivity index (χ4n) is 2.36. The van der Waals surface area contributed by atoms with Crippen LogP contribution in [0, 0.1) is 0 Å². The lowest BCUT2D eigenvalue weighted by atomic mass is 10.1. The van der Waals surface area contributed by atoms with Gasteiger partial charge in [0.1, 0.15) is 5.69 Å². The normalized spacial score (nSPS) is 17.9. The molecule has 19 heavy (non-hydrogen) atoms. The molecule has 2 heterocycles. The second-order valence-corrected chi connectivity index (χ2v) is 5.13. The molecular weight excluding hydrogens is 240 g/mol. The van der Waals surface area contributed by atoms with Gasteiger partial charge in [0, 0.05) is 12.6 Å². The van der Waals surface area contributed by atoms with Gasteiger partial charge in [0.15, 0.2) is 0 Å². The highest BCUT2D eigenvalue weighted by Gasteiger charge is 2.17. The smallest absolute Gasteiger partial charge is 0.269 e. The summed E-state index contributed by atoms with van der Waals surface area (Å²) in [5.74, 6) is -0.135. The monoisotopic (exact) mass is 262 g/mol. The summed E-state index contributed by atoms with van der Waals surface area (Å²) >= 11 is 0. The second-order valence-electron chi connectivity index (χ2n) is 5.13. The number of carbonyl (C=O) groups is 1. The van der Waals surface area contributed by atoms with Crippen molar-refractivity contribution < 1.29 is 4.79 Å². The highest BCUT2D eigenvalue weighted by Crippen LogP contribution is 2.11. The van der Waals surface area contributed by atoms with Crippen molar-refractivity contribution in [2.75, 3.05) is 25.4 Å². The van der Waals surface area contributed by atoms with E-state index in [9.17, 15) is 4.79 Å². The van der Waals surface area contributed by atoms with E-state index in [0.29, 0.717) is 24.0 Å². The molecule has 3 N–H and O–H groups in total. The molecule has 0 aromatic carbocycles. The molecule has 1 fully saturated rings. The summed E-state index contributed by atoms with van der Waals surface area (Å²) in [6.45, 7) is 5.08. The number of aromatic nitrogens is 1. The van der Waals surface area contributed by atoms with Crippen LogP contribution in [0.2, 0.25) is 0 Å². The van der Waals surface area contributed by atoms with Crippen molar-refractivity contribution >= 4 is 11.6 Å². The quantitative estimate of drug-likeness (QED) is 0.857. The van der Waals surface area contributed by atoms with E-state index in [0.717, 1.165) is 13.1 Å². The number of amides is 1. The molecule has 1 amide bonds. The molecule has 5 nitrogen and oxygen atoms in total. The minimum atomic E-state index is -0.135. The lowest BCUT2D eigenvalue weighted by Crippen LogP contribution is -2.44. The molecule has 1 aromatic rings. The first kappa shape index (κ1) is 13.8. The Kier molecular flexibility index (Phi) is 4.74. The number of pyridine rings is 1. The first-order chi connectivity index (χ1) is 9.16. The zero-order chi connectivity index (χ0) is 13.7. The maximum absolute atomic E-state index is 11.9. The topological polar surface area (TPSA) is 71.2 Å². The van der Waals surface area contributed by atoms with Gasteiger partial charge >= 0.3 is 0 Å². The van der Waals surface area contributed by atoms with Gasteiger partial charge in [-0.2, -0.15) is 0 Å². The van der Waals surface area contributed by atoms with E-state index in [1.54, 1.807) is 12.1 Å². The zero-order valence-corrected chi connectivity index (χ0v) is 11.4. The Labute approximate surface area is 114 Å². The molecule has 0 spiro atoms. The lowest BCUT2D eigenvalue weighted by Gasteiger charge is -2.32. The number of hydrogen-bond acceptors (Lipinski definition) is 4. The fraction of sp³-hybridized carbons (Fsp3) is 0.571. The third-order valence-corrected chi connectivity index (χ3v) is 3.59. The van der Waals surface area contributed by atoms with Gasteiger partial charge in [-0.25, -0.2) is 4.98 Å². The van der Waals surface area contributed by atoms with Crippen molar-refractivity contribution in [3.05, 3.63) is 24.0 Å². The number of nitrogens with zero attached hydrogens (tertiary/aromatic N) is 2. The summed E-state index contributed by atoms with van der Waals surface area (Å²) in [7, 11) is 0. The highest BCUT2D eigenvalue weighted by atomic mass is 16.1. The summed E-state index contributed by atoms with van der Waals surface area (Å²) in [5, 5.41) is 2.93. The number of likely N-dealkylation sites (tertiary alicyclic amines) is 1. The number of piperidine rings is 1. The Hall–Kier alpha value is -1.62. The first-order valence-electron chi connectivity index (χ1n) is 6.90. The van der Waals surface area contributed by atoms with Crippen LogP contribution in [0.4, 0.5) is 5.69 Å². The van der Waals surface area contributed by atoms with Crippen LogP contribution in [-0.2, 0) is 0 Å². The Morgan fingerprint density at radius 1 is 1.42 bits per heavy atom. The van der Waals surface area contributed by atoms with Crippen LogP contribution in [0.3, 0.4) is 0 Å². The minimum absolute atomic E-state index is 0.135. The fourth-order valence-corrected chi connectivity index (χ4v) is 2.36. The van der Waals surface area contributed by atoms with Gasteiger partial charge in [0.25, 0.3) is 5.91 Å². The van der Waals surface area contributed by atoms with Gasteiger partial charge in [-0.15, -0.1) is 0 Å². The summed E-state index contributed by atoms with van der Waals surface area (Å²) in [6.07, 6.45) is 5.35. The molecule has 1 atom stereocenters. The molecule has 1 aliphatic rings. The van der Waals surface area contributed by atoms with Crippen LogP contribution in [-0.4, -0.2) is 41.5 Å². The zero-order valence-electron chi connectivity index (χ0n) is 11.4. The summed E-state index contributed by atoms with van der Waals surface area (Å²) in [4.78, 5) is 18.4. The van der Waals surface area contributed by atoms with Crippen molar-refractivity contribution in [1.82, 2.24) is 15.2 Å². The van der Waals surface area contributed by atoms with E-state index >= 15 is 0 Å². The van der Waals surface area contributed by atoms with Crippen molar-refractivity contribution in [2.45, 2.75) is 32.2 Å². The third kappa shape index (κ3) is 3.92. The predicted molar refractivity (Wildman–Crippen MR) is 75.9 cm³/mol. The molecule has 1 unspecified atom stereocenters. The standard InChI is InChI=1S/C14H22N4O/c1-11(18-7-3-2-4-8-18)9-17-14(19)13-6-5-12(15)10-16-13/h5-6,10-11H,2-4,7-9,15H2,1H3,(H,17,19). The molecule has 0 bridgehead atoms. The van der Waals surface area contributed by atoms with Crippen molar-refractivity contribution in [3.8, 4) is 0 Å². The number of anilines is 1. The highest BCUT2D eigenvalue weighted by molar-refractivity contribution is 5.92. The van der Waals surface area contributed by atoms with E-state index in [-0.39, 0.29) is 5.91 Å². The van der Waals surface area contributed by atoms with Crippen LogP contribution < -0.4 is 11.1 Å².